The average molecular weight is 272 g/mol. The average Bonchev–Trinajstić information content (AvgIpc) is 2.36. The van der Waals surface area contributed by atoms with Crippen LogP contribution in [0.3, 0.4) is 0 Å². The second kappa shape index (κ2) is 6.96. The Hall–Kier alpha value is -1.79. The zero-order valence-electron chi connectivity index (χ0n) is 11.2. The third-order valence-electron chi connectivity index (χ3n) is 3.09. The van der Waals surface area contributed by atoms with Crippen molar-refractivity contribution in [2.24, 2.45) is 5.92 Å². The van der Waals surface area contributed by atoms with E-state index < -0.39 is 12.0 Å². The number of urea groups is 1. The van der Waals surface area contributed by atoms with Gasteiger partial charge in [0.15, 0.2) is 0 Å². The Labute approximate surface area is 111 Å². The number of aliphatic carboxylic acids is 1. The van der Waals surface area contributed by atoms with Crippen molar-refractivity contribution in [3.63, 3.8) is 0 Å². The number of esters is 1. The molecule has 0 radical (unpaired) electrons. The molecule has 0 bridgehead atoms. The Morgan fingerprint density at radius 2 is 2.16 bits per heavy atom. The van der Waals surface area contributed by atoms with Crippen LogP contribution in [0.4, 0.5) is 4.79 Å². The molecule has 1 aliphatic heterocycles. The van der Waals surface area contributed by atoms with Crippen LogP contribution < -0.4 is 5.32 Å². The predicted molar refractivity (Wildman–Crippen MR) is 66.6 cm³/mol. The van der Waals surface area contributed by atoms with E-state index in [0.717, 1.165) is 6.42 Å². The zero-order chi connectivity index (χ0) is 14.4. The topological polar surface area (TPSA) is 95.9 Å². The molecule has 1 saturated heterocycles. The maximum Gasteiger partial charge on any atom is 0.317 e. The molecule has 2 unspecified atom stereocenters. The summed E-state index contributed by atoms with van der Waals surface area (Å²) in [7, 11) is 1.33. The fourth-order valence-corrected chi connectivity index (χ4v) is 2.14. The first-order valence-corrected chi connectivity index (χ1v) is 6.29. The first-order valence-electron chi connectivity index (χ1n) is 6.29. The van der Waals surface area contributed by atoms with Gasteiger partial charge in [0.1, 0.15) is 0 Å². The van der Waals surface area contributed by atoms with Gasteiger partial charge in [0.25, 0.3) is 0 Å². The van der Waals surface area contributed by atoms with Crippen molar-refractivity contribution in [3.8, 4) is 0 Å². The van der Waals surface area contributed by atoms with Crippen LogP contribution in [0.5, 0.6) is 0 Å². The molecule has 7 nitrogen and oxygen atoms in total. The van der Waals surface area contributed by atoms with Crippen LogP contribution in [-0.4, -0.2) is 54.2 Å². The molecule has 0 spiro atoms. The van der Waals surface area contributed by atoms with E-state index in [1.165, 1.54) is 12.0 Å². The van der Waals surface area contributed by atoms with E-state index in [0.29, 0.717) is 19.5 Å². The van der Waals surface area contributed by atoms with Crippen molar-refractivity contribution in [2.75, 3.05) is 20.2 Å². The third kappa shape index (κ3) is 4.76. The number of amides is 2. The number of ether oxygens (including phenoxy) is 1. The van der Waals surface area contributed by atoms with E-state index in [1.54, 1.807) is 6.92 Å². The van der Waals surface area contributed by atoms with Gasteiger partial charge < -0.3 is 20.1 Å². The van der Waals surface area contributed by atoms with Gasteiger partial charge in [-0.15, -0.1) is 0 Å². The fraction of sp³-hybridized carbons (Fsp3) is 0.750. The molecule has 0 aromatic rings. The predicted octanol–water partition coefficient (Wildman–Crippen LogP) is 0.444. The summed E-state index contributed by atoms with van der Waals surface area (Å²) in [6, 6.07) is -0.772. The molecule has 7 heteroatoms. The van der Waals surface area contributed by atoms with Crippen molar-refractivity contribution in [1.29, 1.82) is 0 Å². The molecule has 108 valence electrons. The summed E-state index contributed by atoms with van der Waals surface area (Å²) in [4.78, 5) is 35.4. The highest BCUT2D eigenvalue weighted by atomic mass is 16.5. The Balaban J connectivity index is 2.48. The molecule has 0 aliphatic carbocycles. The number of carboxylic acids is 1. The van der Waals surface area contributed by atoms with E-state index in [1.807, 2.05) is 0 Å². The zero-order valence-corrected chi connectivity index (χ0v) is 11.2. The largest absolute Gasteiger partial charge is 0.481 e. The highest BCUT2D eigenvalue weighted by Gasteiger charge is 2.29. The van der Waals surface area contributed by atoms with Gasteiger partial charge in [-0.1, -0.05) is 0 Å². The maximum atomic E-state index is 11.9. The van der Waals surface area contributed by atoms with Gasteiger partial charge in [-0.3, -0.25) is 9.59 Å². The maximum absolute atomic E-state index is 11.9. The van der Waals surface area contributed by atoms with E-state index in [-0.39, 0.29) is 24.3 Å². The van der Waals surface area contributed by atoms with Crippen LogP contribution in [0, 0.1) is 5.92 Å². The molecule has 1 rings (SSSR count). The number of rotatable bonds is 4. The number of piperidine rings is 1. The number of nitrogens with one attached hydrogen (secondary N) is 1. The first-order chi connectivity index (χ1) is 8.93. The Morgan fingerprint density at radius 3 is 2.74 bits per heavy atom. The van der Waals surface area contributed by atoms with E-state index in [4.69, 9.17) is 5.11 Å². The number of carbonyl (C=O) groups is 3. The molecule has 2 atom stereocenters. The highest BCUT2D eigenvalue weighted by Crippen LogP contribution is 2.17. The minimum atomic E-state index is -0.959. The molecule has 0 saturated carbocycles. The van der Waals surface area contributed by atoms with Crippen molar-refractivity contribution in [1.82, 2.24) is 10.2 Å². The van der Waals surface area contributed by atoms with Crippen LogP contribution in [0.2, 0.25) is 0 Å². The number of carbonyl (C=O) groups excluding carboxylic acids is 2. The summed E-state index contributed by atoms with van der Waals surface area (Å²) in [6.45, 7) is 2.52. The van der Waals surface area contributed by atoms with Crippen LogP contribution in [0.25, 0.3) is 0 Å². The van der Waals surface area contributed by atoms with E-state index in [9.17, 15) is 14.4 Å². The second-order valence-electron chi connectivity index (χ2n) is 4.76. The Morgan fingerprint density at radius 1 is 1.47 bits per heavy atom. The van der Waals surface area contributed by atoms with Crippen molar-refractivity contribution in [3.05, 3.63) is 0 Å². The van der Waals surface area contributed by atoms with Gasteiger partial charge in [0.05, 0.1) is 19.4 Å². The number of likely N-dealkylation sites (tertiary alicyclic amines) is 1. The SMILES string of the molecule is COC(=O)C1CCCN(C(=O)NC(C)CC(=O)O)C1. The summed E-state index contributed by atoms with van der Waals surface area (Å²) in [5.74, 6) is -1.56. The van der Waals surface area contributed by atoms with Gasteiger partial charge in [0, 0.05) is 19.1 Å². The second-order valence-corrected chi connectivity index (χ2v) is 4.76. The van der Waals surface area contributed by atoms with Gasteiger partial charge in [-0.05, 0) is 19.8 Å². The molecule has 2 amide bonds. The molecule has 1 heterocycles. The van der Waals surface area contributed by atoms with Gasteiger partial charge in [-0.2, -0.15) is 0 Å². The molecule has 0 aromatic carbocycles. The quantitative estimate of drug-likeness (QED) is 0.724. The molecule has 1 aliphatic rings. The highest BCUT2D eigenvalue weighted by molar-refractivity contribution is 5.78. The molecular formula is C12H20N2O5. The van der Waals surface area contributed by atoms with Gasteiger partial charge in [0.2, 0.25) is 0 Å². The van der Waals surface area contributed by atoms with Crippen LogP contribution in [0.15, 0.2) is 0 Å². The van der Waals surface area contributed by atoms with Crippen molar-refractivity contribution < 1.29 is 24.2 Å². The Kier molecular flexibility index (Phi) is 5.59. The molecule has 2 N–H and O–H groups in total. The van der Waals surface area contributed by atoms with Crippen LogP contribution >= 0.6 is 0 Å². The lowest BCUT2D eigenvalue weighted by Gasteiger charge is -2.32. The van der Waals surface area contributed by atoms with E-state index >= 15 is 0 Å². The molecular weight excluding hydrogens is 252 g/mol. The smallest absolute Gasteiger partial charge is 0.317 e. The van der Waals surface area contributed by atoms with Gasteiger partial charge >= 0.3 is 18.0 Å². The normalized spacial score (nSPS) is 20.5. The minimum absolute atomic E-state index is 0.125. The molecule has 0 aromatic heterocycles. The van der Waals surface area contributed by atoms with Crippen molar-refractivity contribution in [2.45, 2.75) is 32.2 Å². The first kappa shape index (κ1) is 15.3. The van der Waals surface area contributed by atoms with Crippen LogP contribution in [0.1, 0.15) is 26.2 Å². The lowest BCUT2D eigenvalue weighted by molar-refractivity contribution is -0.146. The van der Waals surface area contributed by atoms with Crippen molar-refractivity contribution >= 4 is 18.0 Å². The molecule has 1 fully saturated rings. The molecule has 19 heavy (non-hydrogen) atoms. The standard InChI is InChI=1S/C12H20N2O5/c1-8(6-10(15)16)13-12(18)14-5-3-4-9(7-14)11(17)19-2/h8-9H,3-7H2,1-2H3,(H,13,18)(H,15,16). The summed E-state index contributed by atoms with van der Waals surface area (Å²) in [6.07, 6.45) is 1.32. The monoisotopic (exact) mass is 272 g/mol. The lowest BCUT2D eigenvalue weighted by Crippen LogP contribution is -2.49. The summed E-state index contributed by atoms with van der Waals surface area (Å²) in [5.41, 5.74) is 0. The number of nitrogens with zero attached hydrogens (tertiary/aromatic N) is 1. The summed E-state index contributed by atoms with van der Waals surface area (Å²) >= 11 is 0. The lowest BCUT2D eigenvalue weighted by atomic mass is 9.98. The van der Waals surface area contributed by atoms with Crippen LogP contribution in [-0.2, 0) is 14.3 Å². The van der Waals surface area contributed by atoms with Gasteiger partial charge in [-0.25, -0.2) is 4.79 Å². The number of hydrogen-bond donors (Lipinski definition) is 2. The third-order valence-corrected chi connectivity index (χ3v) is 3.09. The fourth-order valence-electron chi connectivity index (χ4n) is 2.14. The Bertz CT molecular complexity index is 358. The summed E-state index contributed by atoms with van der Waals surface area (Å²) in [5, 5.41) is 11.2. The number of methoxy groups -OCH3 is 1. The summed E-state index contributed by atoms with van der Waals surface area (Å²) < 4.78 is 4.68. The number of hydrogen-bond acceptors (Lipinski definition) is 4. The minimum Gasteiger partial charge on any atom is -0.481 e. The van der Waals surface area contributed by atoms with E-state index in [2.05, 4.69) is 10.1 Å². The number of carboxylic acid groups (broad SMARTS) is 1.